The number of aromatic nitrogens is 2. The Morgan fingerprint density at radius 2 is 1.58 bits per heavy atom. The molecule has 4 fully saturated rings. The highest BCUT2D eigenvalue weighted by atomic mass is 16.6. The van der Waals surface area contributed by atoms with Crippen molar-refractivity contribution in [3.8, 4) is 22.4 Å². The molecule has 18 nitrogen and oxygen atoms in total. The first-order valence-corrected chi connectivity index (χ1v) is 29.7. The van der Waals surface area contributed by atoms with Crippen molar-refractivity contribution in [2.45, 2.75) is 169 Å². The Morgan fingerprint density at radius 1 is 0.852 bits per heavy atom. The lowest BCUT2D eigenvalue weighted by molar-refractivity contribution is -0.151. The lowest BCUT2D eigenvalue weighted by atomic mass is 9.84. The number of hydrogen-bond acceptors (Lipinski definition) is 13. The first kappa shape index (κ1) is 59.5. The Labute approximate surface area is 479 Å². The van der Waals surface area contributed by atoms with Gasteiger partial charge in [-0.25, -0.2) is 10.2 Å². The molecule has 1 aliphatic carbocycles. The van der Waals surface area contributed by atoms with Crippen molar-refractivity contribution in [2.24, 2.45) is 17.3 Å². The molecule has 3 N–H and O–H groups in total. The zero-order valence-electron chi connectivity index (χ0n) is 50.1. The highest BCUT2D eigenvalue weighted by Gasteiger charge is 2.46. The summed E-state index contributed by atoms with van der Waals surface area (Å²) >= 11 is 0. The van der Waals surface area contributed by atoms with Crippen LogP contribution in [0.5, 0.6) is 0 Å². The smallest absolute Gasteiger partial charge is 0.410 e. The third-order valence-corrected chi connectivity index (χ3v) is 17.5. The molecule has 4 amide bonds. The zero-order valence-corrected chi connectivity index (χ0v) is 50.1. The van der Waals surface area contributed by atoms with Gasteiger partial charge in [-0.2, -0.15) is 0 Å². The molecule has 2 aromatic heterocycles. The van der Waals surface area contributed by atoms with Gasteiger partial charge in [-0.15, -0.1) is 0 Å². The van der Waals surface area contributed by atoms with Crippen molar-refractivity contribution in [3.63, 3.8) is 0 Å². The molecule has 5 aliphatic rings. The second-order valence-corrected chi connectivity index (χ2v) is 25.5. The number of likely N-dealkylation sites (N-methyl/N-ethyl adjacent to an activating group) is 1. The van der Waals surface area contributed by atoms with Crippen molar-refractivity contribution in [1.82, 2.24) is 40.0 Å². The minimum absolute atomic E-state index is 0.0268. The van der Waals surface area contributed by atoms with Crippen molar-refractivity contribution < 1.29 is 43.3 Å². The maximum absolute atomic E-state index is 15.0. The van der Waals surface area contributed by atoms with Gasteiger partial charge in [0.05, 0.1) is 42.4 Å². The predicted molar refractivity (Wildman–Crippen MR) is 313 cm³/mol. The molecular formula is C63H89N9O9. The Hall–Kier alpha value is -6.08. The minimum Gasteiger partial charge on any atom is -0.468 e. The molecule has 2 aromatic carbocycles. The minimum atomic E-state index is -1.09. The fourth-order valence-corrected chi connectivity index (χ4v) is 13.0. The number of likely N-dealkylation sites (tertiary alicyclic amines) is 1. The van der Waals surface area contributed by atoms with E-state index in [-0.39, 0.29) is 31.0 Å². The fraction of sp³-hybridized carbons (Fsp3) is 0.619. The van der Waals surface area contributed by atoms with E-state index in [0.29, 0.717) is 58.2 Å². The van der Waals surface area contributed by atoms with Gasteiger partial charge in [0.2, 0.25) is 11.8 Å². The van der Waals surface area contributed by atoms with Crippen molar-refractivity contribution in [1.29, 1.82) is 0 Å². The second-order valence-electron chi connectivity index (χ2n) is 25.5. The normalized spacial score (nSPS) is 23.1. The molecule has 81 heavy (non-hydrogen) atoms. The van der Waals surface area contributed by atoms with Gasteiger partial charge in [0.1, 0.15) is 23.7 Å². The maximum atomic E-state index is 15.0. The molecule has 18 heteroatoms. The Kier molecular flexibility index (Phi) is 17.9. The van der Waals surface area contributed by atoms with E-state index in [2.05, 4.69) is 88.3 Å². The highest BCUT2D eigenvalue weighted by molar-refractivity contribution is 5.96. The molecule has 4 aromatic rings. The molecule has 6 atom stereocenters. The van der Waals surface area contributed by atoms with Gasteiger partial charge in [-0.3, -0.25) is 34.1 Å². The fourth-order valence-electron chi connectivity index (χ4n) is 13.0. The molecule has 4 aliphatic heterocycles. The van der Waals surface area contributed by atoms with E-state index in [1.807, 2.05) is 47.7 Å². The first-order chi connectivity index (χ1) is 38.5. The summed E-state index contributed by atoms with van der Waals surface area (Å²) in [6.07, 6.45) is 6.79. The standard InChI is InChI=1S/C63H89N9O9/c1-13-70-53-21-17-42(33-47(53)49(35-63(8,9)37-73)56(70)48-34-45(36-64-54(48)39(4)79-11)69-27-25-68(26-28-69)44-18-19-44)43-30-40-16-20-52-46(22-24-71(52)61(78)81-62(5,6)7)58(75)67(10)55(38(2)3)57(74)65-51(32-41(29-40)31-43)59(76)72-23-14-15-50(66-72)60(77)80-12/h17,21,29-31,33-34,36,38-39,44,46,50-52,55,66,73H,13-16,18-20,22-28,32,35,37H2,1-12H3,(H,65,74)/t39-,46-,50-,51-,52+,55-/m0/s1. The molecule has 440 valence electrons. The molecule has 0 radical (unpaired) electrons. The third-order valence-electron chi connectivity index (χ3n) is 17.5. The molecule has 1 saturated carbocycles. The second kappa shape index (κ2) is 24.4. The van der Waals surface area contributed by atoms with Gasteiger partial charge in [0, 0.05) is 102 Å². The molecule has 2 bridgehead atoms. The van der Waals surface area contributed by atoms with Crippen LogP contribution in [0.3, 0.4) is 0 Å². The Morgan fingerprint density at radius 3 is 2.23 bits per heavy atom. The summed E-state index contributed by atoms with van der Waals surface area (Å²) in [6.45, 7) is 22.8. The van der Waals surface area contributed by atoms with E-state index in [1.165, 1.54) is 29.9 Å². The van der Waals surface area contributed by atoms with Gasteiger partial charge in [0.15, 0.2) is 0 Å². The summed E-state index contributed by atoms with van der Waals surface area (Å²) in [5.74, 6) is -2.59. The number of nitrogens with zero attached hydrogens (tertiary/aromatic N) is 7. The zero-order chi connectivity index (χ0) is 58.2. The van der Waals surface area contributed by atoms with Crippen LogP contribution in [0, 0.1) is 17.3 Å². The quantitative estimate of drug-likeness (QED) is 0.111. The van der Waals surface area contributed by atoms with E-state index in [9.17, 15) is 29.1 Å². The number of amides is 4. The number of methoxy groups -OCH3 is 2. The van der Waals surface area contributed by atoms with Gasteiger partial charge in [-0.1, -0.05) is 52.0 Å². The number of pyridine rings is 1. The number of carbonyl (C=O) groups is 5. The number of hydrazine groups is 1. The van der Waals surface area contributed by atoms with Crippen LogP contribution in [-0.2, 0) is 59.2 Å². The number of aliphatic hydroxyl groups is 1. The van der Waals surface area contributed by atoms with Crippen LogP contribution in [0.15, 0.2) is 48.7 Å². The molecule has 0 unspecified atom stereocenters. The Balaban J connectivity index is 1.19. The van der Waals surface area contributed by atoms with Crippen LogP contribution < -0.4 is 15.6 Å². The van der Waals surface area contributed by atoms with Crippen LogP contribution in [0.1, 0.15) is 129 Å². The highest BCUT2D eigenvalue weighted by Crippen LogP contribution is 2.44. The van der Waals surface area contributed by atoms with Crippen molar-refractivity contribution in [2.75, 3.05) is 72.0 Å². The largest absolute Gasteiger partial charge is 0.468 e. The number of aryl methyl sites for hydroxylation is 2. The summed E-state index contributed by atoms with van der Waals surface area (Å²) in [5.41, 5.74) is 11.5. The Bertz CT molecular complexity index is 2970. The van der Waals surface area contributed by atoms with Gasteiger partial charge >= 0.3 is 12.1 Å². The number of fused-ring (bicyclic) bond motifs is 4. The van der Waals surface area contributed by atoms with Crippen LogP contribution >= 0.6 is 0 Å². The monoisotopic (exact) mass is 1120 g/mol. The van der Waals surface area contributed by atoms with E-state index >= 15 is 0 Å². The van der Waals surface area contributed by atoms with Gasteiger partial charge < -0.3 is 43.9 Å². The van der Waals surface area contributed by atoms with Gasteiger partial charge in [-0.05, 0) is 143 Å². The average Bonchev–Trinajstić information content (AvgIpc) is 4.16. The number of ether oxygens (including phenoxy) is 3. The summed E-state index contributed by atoms with van der Waals surface area (Å²) in [4.78, 5) is 85.1. The number of rotatable bonds is 13. The molecular weight excluding hydrogens is 1030 g/mol. The maximum Gasteiger partial charge on any atom is 0.410 e. The summed E-state index contributed by atoms with van der Waals surface area (Å²) in [6, 6.07) is 12.6. The molecule has 0 spiro atoms. The topological polar surface area (TPSA) is 191 Å². The van der Waals surface area contributed by atoms with Crippen molar-refractivity contribution in [3.05, 3.63) is 71.0 Å². The lowest BCUT2D eigenvalue weighted by Gasteiger charge is -2.37. The summed E-state index contributed by atoms with van der Waals surface area (Å²) < 4.78 is 19.4. The average molecular weight is 1120 g/mol. The van der Waals surface area contributed by atoms with E-state index < -0.39 is 65.0 Å². The predicted octanol–water partition coefficient (Wildman–Crippen LogP) is 7.69. The van der Waals surface area contributed by atoms with E-state index in [0.717, 1.165) is 93.6 Å². The van der Waals surface area contributed by atoms with Crippen LogP contribution in [0.4, 0.5) is 10.5 Å². The number of hydrogen-bond donors (Lipinski definition) is 3. The van der Waals surface area contributed by atoms with Crippen molar-refractivity contribution >= 4 is 46.4 Å². The number of piperazine rings is 1. The molecule has 3 saturated heterocycles. The van der Waals surface area contributed by atoms with E-state index in [1.54, 1.807) is 19.1 Å². The first-order valence-electron chi connectivity index (χ1n) is 29.7. The summed E-state index contributed by atoms with van der Waals surface area (Å²) in [5, 5.41) is 16.5. The van der Waals surface area contributed by atoms with Gasteiger partial charge in [0.25, 0.3) is 5.91 Å². The number of anilines is 1. The SMILES string of the molecule is CCn1c(-c2cc(N3CCN(C4CC4)CC3)cnc2[C@H](C)OC)c(CC(C)(C)CO)c2cc(-c3cc4cc(c3)C[C@@H](C(=O)N3CCC[C@@H](C(=O)OC)N3)NC(=O)[C@H](C(C)C)N(C)C(=O)[C@H]3CCN(C(=O)OC(C)(C)C)[C@@H]3CC4)ccc21. The van der Waals surface area contributed by atoms with Crippen LogP contribution in [0.25, 0.3) is 33.3 Å². The number of carbonyl (C=O) groups excluding carboxylic acids is 5. The lowest BCUT2D eigenvalue weighted by Crippen LogP contribution is -2.62. The molecule has 6 heterocycles. The van der Waals surface area contributed by atoms with Crippen LogP contribution in [0.2, 0.25) is 0 Å². The molecule has 9 rings (SSSR count). The number of nitrogens with one attached hydrogen (secondary N) is 2. The van der Waals surface area contributed by atoms with E-state index in [4.69, 9.17) is 19.2 Å². The summed E-state index contributed by atoms with van der Waals surface area (Å²) in [7, 11) is 4.68. The number of benzene rings is 2. The number of esters is 1. The number of aliphatic hydroxyl groups excluding tert-OH is 1. The third kappa shape index (κ3) is 12.9. The van der Waals surface area contributed by atoms with Crippen LogP contribution in [-0.4, -0.2) is 167 Å².